The minimum Gasteiger partial charge on any atom is -0.376 e. The molecule has 0 radical (unpaired) electrons. The van der Waals surface area contributed by atoms with E-state index in [1.165, 1.54) is 0 Å². The maximum absolute atomic E-state index is 12.3. The summed E-state index contributed by atoms with van der Waals surface area (Å²) >= 11 is 0. The van der Waals surface area contributed by atoms with Crippen LogP contribution in [0.2, 0.25) is 0 Å². The molecule has 0 spiro atoms. The number of carbonyl (C=O) groups is 1. The van der Waals surface area contributed by atoms with Crippen molar-refractivity contribution in [2.75, 3.05) is 18.5 Å². The van der Waals surface area contributed by atoms with Crippen LogP contribution in [0, 0.1) is 6.92 Å². The van der Waals surface area contributed by atoms with Crippen molar-refractivity contribution < 1.29 is 9.53 Å². The smallest absolute Gasteiger partial charge is 0.270 e. The molecular weight excluding hydrogens is 306 g/mol. The molecule has 1 atom stereocenters. The van der Waals surface area contributed by atoms with Gasteiger partial charge in [-0.2, -0.15) is 0 Å². The number of aromatic nitrogens is 3. The molecule has 0 aliphatic carbocycles. The lowest BCUT2D eigenvalue weighted by atomic mass is 10.2. The fourth-order valence-electron chi connectivity index (χ4n) is 2.55. The Morgan fingerprint density at radius 2 is 2.17 bits per heavy atom. The molecule has 0 bridgehead atoms. The molecule has 1 unspecified atom stereocenters. The summed E-state index contributed by atoms with van der Waals surface area (Å²) in [7, 11) is 0. The van der Waals surface area contributed by atoms with Gasteiger partial charge in [0.1, 0.15) is 5.69 Å². The molecule has 24 heavy (non-hydrogen) atoms. The minimum atomic E-state index is -0.206. The highest BCUT2D eigenvalue weighted by Gasteiger charge is 2.17. The Morgan fingerprint density at radius 1 is 1.33 bits per heavy atom. The maximum Gasteiger partial charge on any atom is 0.270 e. The zero-order valence-corrected chi connectivity index (χ0v) is 13.7. The van der Waals surface area contributed by atoms with Crippen molar-refractivity contribution in [3.8, 4) is 0 Å². The number of ether oxygens (including phenoxy) is 1. The van der Waals surface area contributed by atoms with Crippen molar-refractivity contribution in [3.05, 3.63) is 47.5 Å². The SMILES string of the molecule is Cc1cc(C(=O)NCC2CCCO2)nc(NCc2ccncc2)n1. The molecule has 2 N–H and O–H groups in total. The van der Waals surface area contributed by atoms with Gasteiger partial charge >= 0.3 is 0 Å². The summed E-state index contributed by atoms with van der Waals surface area (Å²) in [6.45, 7) is 3.71. The van der Waals surface area contributed by atoms with E-state index >= 15 is 0 Å². The lowest BCUT2D eigenvalue weighted by Crippen LogP contribution is -2.32. The average molecular weight is 327 g/mol. The summed E-state index contributed by atoms with van der Waals surface area (Å²) in [4.78, 5) is 24.9. The first kappa shape index (κ1) is 16.3. The molecule has 7 heteroatoms. The monoisotopic (exact) mass is 327 g/mol. The van der Waals surface area contributed by atoms with Crippen LogP contribution in [0.25, 0.3) is 0 Å². The van der Waals surface area contributed by atoms with Crippen molar-refractivity contribution in [1.29, 1.82) is 0 Å². The Balaban J connectivity index is 1.61. The molecule has 1 aliphatic rings. The van der Waals surface area contributed by atoms with E-state index in [-0.39, 0.29) is 12.0 Å². The topological polar surface area (TPSA) is 89.0 Å². The highest BCUT2D eigenvalue weighted by molar-refractivity contribution is 5.92. The Bertz CT molecular complexity index is 687. The van der Waals surface area contributed by atoms with E-state index in [9.17, 15) is 4.79 Å². The Hall–Kier alpha value is -2.54. The molecule has 1 fully saturated rings. The quantitative estimate of drug-likeness (QED) is 0.839. The number of nitrogens with one attached hydrogen (secondary N) is 2. The van der Waals surface area contributed by atoms with Gasteiger partial charge in [-0.15, -0.1) is 0 Å². The third kappa shape index (κ3) is 4.48. The van der Waals surface area contributed by atoms with Gasteiger partial charge < -0.3 is 15.4 Å². The van der Waals surface area contributed by atoms with Gasteiger partial charge in [0.2, 0.25) is 5.95 Å². The van der Waals surface area contributed by atoms with E-state index in [4.69, 9.17) is 4.74 Å². The van der Waals surface area contributed by atoms with Crippen LogP contribution in [0.3, 0.4) is 0 Å². The molecule has 1 saturated heterocycles. The van der Waals surface area contributed by atoms with E-state index in [0.29, 0.717) is 24.7 Å². The summed E-state index contributed by atoms with van der Waals surface area (Å²) in [5.41, 5.74) is 2.17. The van der Waals surface area contributed by atoms with Crippen LogP contribution >= 0.6 is 0 Å². The van der Waals surface area contributed by atoms with Gasteiger partial charge in [-0.1, -0.05) is 0 Å². The highest BCUT2D eigenvalue weighted by Crippen LogP contribution is 2.11. The number of carbonyl (C=O) groups excluding carboxylic acids is 1. The summed E-state index contributed by atoms with van der Waals surface area (Å²) in [5, 5.41) is 6.02. The largest absolute Gasteiger partial charge is 0.376 e. The second-order valence-electron chi connectivity index (χ2n) is 5.77. The third-order valence-corrected chi connectivity index (χ3v) is 3.80. The second-order valence-corrected chi connectivity index (χ2v) is 5.77. The minimum absolute atomic E-state index is 0.112. The van der Waals surface area contributed by atoms with Crippen LogP contribution in [0.5, 0.6) is 0 Å². The highest BCUT2D eigenvalue weighted by atomic mass is 16.5. The van der Waals surface area contributed by atoms with Crippen molar-refractivity contribution in [2.45, 2.75) is 32.4 Å². The van der Waals surface area contributed by atoms with Crippen molar-refractivity contribution >= 4 is 11.9 Å². The van der Waals surface area contributed by atoms with Gasteiger partial charge in [0, 0.05) is 37.8 Å². The Kier molecular flexibility index (Phi) is 5.32. The summed E-state index contributed by atoms with van der Waals surface area (Å²) < 4.78 is 5.51. The standard InChI is InChI=1S/C17H21N5O2/c1-12-9-15(16(23)19-11-14-3-2-8-24-14)22-17(21-12)20-10-13-4-6-18-7-5-13/h4-7,9,14H,2-3,8,10-11H2,1H3,(H,19,23)(H,20,21,22). The van der Waals surface area contributed by atoms with Gasteiger partial charge in [0.25, 0.3) is 5.91 Å². The fourth-order valence-corrected chi connectivity index (χ4v) is 2.55. The fraction of sp³-hybridized carbons (Fsp3) is 0.412. The normalized spacial score (nSPS) is 16.8. The molecule has 7 nitrogen and oxygen atoms in total. The van der Waals surface area contributed by atoms with Gasteiger partial charge in [0.15, 0.2) is 0 Å². The number of nitrogens with zero attached hydrogens (tertiary/aromatic N) is 3. The first-order valence-corrected chi connectivity index (χ1v) is 8.09. The number of rotatable bonds is 6. The van der Waals surface area contributed by atoms with Gasteiger partial charge in [-0.05, 0) is 43.5 Å². The molecule has 1 aliphatic heterocycles. The van der Waals surface area contributed by atoms with Crippen molar-refractivity contribution in [2.24, 2.45) is 0 Å². The second kappa shape index (κ2) is 7.83. The first-order valence-electron chi connectivity index (χ1n) is 8.09. The molecule has 0 saturated carbocycles. The molecule has 2 aromatic heterocycles. The number of hydrogen-bond donors (Lipinski definition) is 2. The molecular formula is C17H21N5O2. The van der Waals surface area contributed by atoms with E-state index in [1.807, 2.05) is 19.1 Å². The maximum atomic E-state index is 12.3. The van der Waals surface area contributed by atoms with E-state index in [2.05, 4.69) is 25.6 Å². The summed E-state index contributed by atoms with van der Waals surface area (Å²) in [6, 6.07) is 5.51. The van der Waals surface area contributed by atoms with E-state index in [0.717, 1.165) is 30.7 Å². The van der Waals surface area contributed by atoms with Crippen LogP contribution in [-0.2, 0) is 11.3 Å². The number of pyridine rings is 1. The molecule has 3 heterocycles. The van der Waals surface area contributed by atoms with Gasteiger partial charge in [-0.25, -0.2) is 9.97 Å². The summed E-state index contributed by atoms with van der Waals surface area (Å²) in [5.74, 6) is 0.233. The molecule has 0 aromatic carbocycles. The van der Waals surface area contributed by atoms with Crippen LogP contribution < -0.4 is 10.6 Å². The molecule has 3 rings (SSSR count). The number of hydrogen-bond acceptors (Lipinski definition) is 6. The Labute approximate surface area is 140 Å². The average Bonchev–Trinajstić information content (AvgIpc) is 3.12. The molecule has 126 valence electrons. The van der Waals surface area contributed by atoms with Crippen LogP contribution in [0.15, 0.2) is 30.6 Å². The number of aryl methyl sites for hydroxylation is 1. The van der Waals surface area contributed by atoms with Crippen LogP contribution in [0.4, 0.5) is 5.95 Å². The lowest BCUT2D eigenvalue weighted by Gasteiger charge is -2.11. The lowest BCUT2D eigenvalue weighted by molar-refractivity contribution is 0.0853. The van der Waals surface area contributed by atoms with Crippen molar-refractivity contribution in [1.82, 2.24) is 20.3 Å². The number of amides is 1. The van der Waals surface area contributed by atoms with E-state index in [1.54, 1.807) is 18.5 Å². The van der Waals surface area contributed by atoms with Gasteiger partial charge in [-0.3, -0.25) is 9.78 Å². The summed E-state index contributed by atoms with van der Waals surface area (Å²) in [6.07, 6.45) is 5.62. The van der Waals surface area contributed by atoms with Crippen LogP contribution in [-0.4, -0.2) is 40.1 Å². The predicted octanol–water partition coefficient (Wildman–Crippen LogP) is 1.70. The first-order chi connectivity index (χ1) is 11.7. The van der Waals surface area contributed by atoms with Crippen LogP contribution in [0.1, 0.15) is 34.6 Å². The van der Waals surface area contributed by atoms with Gasteiger partial charge in [0.05, 0.1) is 6.10 Å². The number of anilines is 1. The molecule has 2 aromatic rings. The predicted molar refractivity (Wildman–Crippen MR) is 89.6 cm³/mol. The zero-order chi connectivity index (χ0) is 16.8. The third-order valence-electron chi connectivity index (χ3n) is 3.80. The van der Waals surface area contributed by atoms with Crippen molar-refractivity contribution in [3.63, 3.8) is 0 Å². The van der Waals surface area contributed by atoms with E-state index < -0.39 is 0 Å². The zero-order valence-electron chi connectivity index (χ0n) is 13.7. The molecule has 1 amide bonds. The Morgan fingerprint density at radius 3 is 2.92 bits per heavy atom.